The Balaban J connectivity index is 2.29. The molecule has 0 bridgehead atoms. The predicted octanol–water partition coefficient (Wildman–Crippen LogP) is 1.42. The number of nitrogens with zero attached hydrogens (tertiary/aromatic N) is 4. The Bertz CT molecular complexity index is 441. The molecule has 0 aliphatic heterocycles. The average Bonchev–Trinajstić information content (AvgIpc) is 2.73. The van der Waals surface area contributed by atoms with Gasteiger partial charge in [0.2, 0.25) is 0 Å². The molecule has 0 fully saturated rings. The van der Waals surface area contributed by atoms with E-state index in [4.69, 9.17) is 11.6 Å². The molecule has 2 aromatic heterocycles. The number of anilines is 1. The Kier molecular flexibility index (Phi) is 3.01. The van der Waals surface area contributed by atoms with E-state index in [-0.39, 0.29) is 0 Å². The van der Waals surface area contributed by atoms with Gasteiger partial charge in [-0.2, -0.15) is 0 Å². The first-order chi connectivity index (χ1) is 7.33. The second-order valence-electron chi connectivity index (χ2n) is 3.26. The summed E-state index contributed by atoms with van der Waals surface area (Å²) in [6, 6.07) is 0. The van der Waals surface area contributed by atoms with E-state index in [0.717, 1.165) is 24.3 Å². The molecule has 0 saturated heterocycles. The van der Waals surface area contributed by atoms with E-state index in [1.54, 1.807) is 6.33 Å². The molecule has 0 aliphatic rings. The van der Waals surface area contributed by atoms with Gasteiger partial charge in [0, 0.05) is 19.5 Å². The summed E-state index contributed by atoms with van der Waals surface area (Å²) >= 11 is 5.65. The van der Waals surface area contributed by atoms with Crippen LogP contribution < -0.4 is 4.90 Å². The van der Waals surface area contributed by atoms with Crippen molar-refractivity contribution in [2.75, 3.05) is 24.4 Å². The van der Waals surface area contributed by atoms with Crippen molar-refractivity contribution < 1.29 is 0 Å². The van der Waals surface area contributed by atoms with Crippen molar-refractivity contribution in [3.63, 3.8) is 0 Å². The minimum absolute atomic E-state index is 0.654. The van der Waals surface area contributed by atoms with E-state index in [2.05, 4.69) is 19.9 Å². The fourth-order valence-corrected chi connectivity index (χ4v) is 1.56. The summed E-state index contributed by atoms with van der Waals surface area (Å²) in [6.07, 6.45) is 4.08. The highest BCUT2D eigenvalue weighted by atomic mass is 35.5. The first kappa shape index (κ1) is 10.2. The van der Waals surface area contributed by atoms with Crippen molar-refractivity contribution in [3.05, 3.63) is 12.7 Å². The first-order valence-corrected chi connectivity index (χ1v) is 5.27. The molecular formula is C9H12ClN5. The summed E-state index contributed by atoms with van der Waals surface area (Å²) in [5, 5.41) is 0. The van der Waals surface area contributed by atoms with Crippen molar-refractivity contribution in [2.45, 2.75) is 6.42 Å². The number of aromatic nitrogens is 4. The van der Waals surface area contributed by atoms with Crippen LogP contribution in [-0.4, -0.2) is 39.4 Å². The molecule has 1 N–H and O–H groups in total. The van der Waals surface area contributed by atoms with Crippen LogP contribution in [0.4, 0.5) is 5.82 Å². The topological polar surface area (TPSA) is 57.7 Å². The van der Waals surface area contributed by atoms with Gasteiger partial charge in [-0.25, -0.2) is 15.0 Å². The fraction of sp³-hybridized carbons (Fsp3) is 0.444. The van der Waals surface area contributed by atoms with Gasteiger partial charge in [-0.3, -0.25) is 0 Å². The van der Waals surface area contributed by atoms with E-state index in [0.29, 0.717) is 11.5 Å². The molecule has 2 rings (SSSR count). The van der Waals surface area contributed by atoms with Crippen molar-refractivity contribution in [1.29, 1.82) is 0 Å². The second-order valence-corrected chi connectivity index (χ2v) is 3.64. The molecule has 15 heavy (non-hydrogen) atoms. The quantitative estimate of drug-likeness (QED) is 0.800. The molecule has 2 aromatic rings. The third-order valence-electron chi connectivity index (χ3n) is 2.19. The molecule has 2 heterocycles. The summed E-state index contributed by atoms with van der Waals surface area (Å²) in [5.41, 5.74) is 1.56. The van der Waals surface area contributed by atoms with Crippen LogP contribution in [0.3, 0.4) is 0 Å². The molecule has 0 amide bonds. The monoisotopic (exact) mass is 225 g/mol. The third kappa shape index (κ3) is 2.02. The summed E-state index contributed by atoms with van der Waals surface area (Å²) in [4.78, 5) is 17.5. The Morgan fingerprint density at radius 3 is 3.07 bits per heavy atom. The molecular weight excluding hydrogens is 214 g/mol. The van der Waals surface area contributed by atoms with Crippen LogP contribution in [0, 0.1) is 0 Å². The van der Waals surface area contributed by atoms with Gasteiger partial charge in [0.25, 0.3) is 0 Å². The van der Waals surface area contributed by atoms with Crippen LogP contribution in [0.25, 0.3) is 11.2 Å². The summed E-state index contributed by atoms with van der Waals surface area (Å²) in [7, 11) is 1.98. The van der Waals surface area contributed by atoms with E-state index in [9.17, 15) is 0 Å². The molecule has 0 saturated carbocycles. The Morgan fingerprint density at radius 1 is 1.40 bits per heavy atom. The lowest BCUT2D eigenvalue weighted by Crippen LogP contribution is -2.20. The van der Waals surface area contributed by atoms with Gasteiger partial charge in [-0.1, -0.05) is 0 Å². The molecule has 6 heteroatoms. The van der Waals surface area contributed by atoms with Crippen LogP contribution in [0.15, 0.2) is 12.7 Å². The maximum absolute atomic E-state index is 5.65. The summed E-state index contributed by atoms with van der Waals surface area (Å²) in [6.45, 7) is 0.870. The third-order valence-corrected chi connectivity index (χ3v) is 2.46. The molecule has 0 spiro atoms. The Labute approximate surface area is 92.5 Å². The number of imidazole rings is 1. The van der Waals surface area contributed by atoms with Gasteiger partial charge in [0.15, 0.2) is 11.5 Å². The highest BCUT2D eigenvalue weighted by Crippen LogP contribution is 2.18. The zero-order valence-electron chi connectivity index (χ0n) is 8.44. The van der Waals surface area contributed by atoms with Crippen LogP contribution in [0.5, 0.6) is 0 Å². The predicted molar refractivity (Wildman–Crippen MR) is 60.3 cm³/mol. The number of rotatable bonds is 4. The van der Waals surface area contributed by atoms with Crippen molar-refractivity contribution in [1.82, 2.24) is 19.9 Å². The smallest absolute Gasteiger partial charge is 0.182 e. The van der Waals surface area contributed by atoms with E-state index < -0.39 is 0 Å². The van der Waals surface area contributed by atoms with Gasteiger partial charge in [-0.05, 0) is 6.42 Å². The minimum atomic E-state index is 0.654. The molecule has 0 unspecified atom stereocenters. The lowest BCUT2D eigenvalue weighted by Gasteiger charge is -2.17. The Hall–Kier alpha value is -1.36. The number of fused-ring (bicyclic) bond motifs is 1. The number of aromatic amines is 1. The van der Waals surface area contributed by atoms with Crippen LogP contribution in [0.2, 0.25) is 0 Å². The zero-order chi connectivity index (χ0) is 10.7. The zero-order valence-corrected chi connectivity index (χ0v) is 9.20. The minimum Gasteiger partial charge on any atom is -0.358 e. The number of hydrogen-bond acceptors (Lipinski definition) is 4. The largest absolute Gasteiger partial charge is 0.358 e. The number of nitrogens with one attached hydrogen (secondary N) is 1. The Morgan fingerprint density at radius 2 is 2.27 bits per heavy atom. The highest BCUT2D eigenvalue weighted by Gasteiger charge is 2.09. The lowest BCUT2D eigenvalue weighted by molar-refractivity contribution is 0.843. The SMILES string of the molecule is CN(CCCCl)c1ncnc2nc[nH]c12. The van der Waals surface area contributed by atoms with Crippen molar-refractivity contribution in [3.8, 4) is 0 Å². The molecule has 0 aliphatic carbocycles. The summed E-state index contributed by atoms with van der Waals surface area (Å²) < 4.78 is 0. The van der Waals surface area contributed by atoms with Gasteiger partial charge < -0.3 is 9.88 Å². The highest BCUT2D eigenvalue weighted by molar-refractivity contribution is 6.17. The molecule has 0 atom stereocenters. The number of H-pyrrole nitrogens is 1. The number of alkyl halides is 1. The van der Waals surface area contributed by atoms with E-state index in [1.165, 1.54) is 6.33 Å². The molecule has 0 aromatic carbocycles. The van der Waals surface area contributed by atoms with Gasteiger partial charge in [0.05, 0.1) is 6.33 Å². The maximum atomic E-state index is 5.65. The molecule has 5 nitrogen and oxygen atoms in total. The standard InChI is InChI=1S/C9H12ClN5/c1-15(4-2-3-10)9-7-8(12-5-11-7)13-6-14-9/h5-6H,2-4H2,1H3,(H,11,12,13,14). The first-order valence-electron chi connectivity index (χ1n) is 4.74. The van der Waals surface area contributed by atoms with Gasteiger partial charge in [-0.15, -0.1) is 11.6 Å². The number of hydrogen-bond donors (Lipinski definition) is 1. The molecule has 80 valence electrons. The molecule has 0 radical (unpaired) electrons. The normalized spacial score (nSPS) is 10.8. The average molecular weight is 226 g/mol. The van der Waals surface area contributed by atoms with Crippen molar-refractivity contribution in [2.24, 2.45) is 0 Å². The van der Waals surface area contributed by atoms with Crippen LogP contribution in [-0.2, 0) is 0 Å². The van der Waals surface area contributed by atoms with Crippen LogP contribution in [0.1, 0.15) is 6.42 Å². The van der Waals surface area contributed by atoms with Crippen molar-refractivity contribution >= 4 is 28.6 Å². The lowest BCUT2D eigenvalue weighted by atomic mass is 10.4. The van der Waals surface area contributed by atoms with E-state index >= 15 is 0 Å². The van der Waals surface area contributed by atoms with Gasteiger partial charge >= 0.3 is 0 Å². The fourth-order valence-electron chi connectivity index (χ4n) is 1.44. The summed E-state index contributed by atoms with van der Waals surface area (Å²) in [5.74, 6) is 1.52. The van der Waals surface area contributed by atoms with Gasteiger partial charge in [0.1, 0.15) is 11.8 Å². The van der Waals surface area contributed by atoms with E-state index in [1.807, 2.05) is 11.9 Å². The van der Waals surface area contributed by atoms with Crippen LogP contribution >= 0.6 is 11.6 Å². The maximum Gasteiger partial charge on any atom is 0.182 e. The number of halogens is 1. The second kappa shape index (κ2) is 4.44.